The Morgan fingerprint density at radius 2 is 2.22 bits per heavy atom. The summed E-state index contributed by atoms with van der Waals surface area (Å²) in [6.07, 6.45) is -0.0227. The zero-order valence-electron chi connectivity index (χ0n) is 14.8. The maximum Gasteiger partial charge on any atom is 0.330 e. The van der Waals surface area contributed by atoms with Gasteiger partial charge >= 0.3 is 5.97 Å². The van der Waals surface area contributed by atoms with Gasteiger partial charge in [-0.05, 0) is 26.3 Å². The molecule has 2 heterocycles. The van der Waals surface area contributed by atoms with Crippen LogP contribution in [0.5, 0.6) is 0 Å². The molecule has 0 spiro atoms. The van der Waals surface area contributed by atoms with Gasteiger partial charge in [-0.25, -0.2) is 4.79 Å². The van der Waals surface area contributed by atoms with Crippen LogP contribution in [0.4, 0.5) is 11.4 Å². The molecule has 144 valence electrons. The van der Waals surface area contributed by atoms with E-state index in [-0.39, 0.29) is 17.3 Å². The number of hydrogen-bond acceptors (Lipinski definition) is 7. The van der Waals surface area contributed by atoms with Gasteiger partial charge in [0, 0.05) is 30.0 Å². The van der Waals surface area contributed by atoms with Gasteiger partial charge in [0.05, 0.1) is 9.79 Å². The minimum Gasteiger partial charge on any atom is -0.451 e. The summed E-state index contributed by atoms with van der Waals surface area (Å²) in [5.41, 5.74) is 0.0723. The topological polar surface area (TPSA) is 119 Å². The number of nitro groups is 1. The molecule has 3 rings (SSSR count). The van der Waals surface area contributed by atoms with Crippen LogP contribution in [0.2, 0.25) is 0 Å². The summed E-state index contributed by atoms with van der Waals surface area (Å²) in [6.45, 7) is 3.34. The van der Waals surface area contributed by atoms with Crippen molar-refractivity contribution in [1.29, 1.82) is 0 Å². The molecule has 1 aromatic carbocycles. The first-order chi connectivity index (χ1) is 12.7. The van der Waals surface area contributed by atoms with Crippen LogP contribution in [0.15, 0.2) is 24.3 Å². The first kappa shape index (κ1) is 19.2. The molecule has 0 radical (unpaired) electrons. The van der Waals surface area contributed by atoms with Crippen molar-refractivity contribution in [3.63, 3.8) is 0 Å². The van der Waals surface area contributed by atoms with E-state index in [0.717, 1.165) is 0 Å². The Morgan fingerprint density at radius 1 is 1.48 bits per heavy atom. The molecule has 2 aliphatic heterocycles. The van der Waals surface area contributed by atoms with E-state index < -0.39 is 33.8 Å². The molecular formula is C17H19N3O6S. The van der Waals surface area contributed by atoms with Crippen molar-refractivity contribution in [2.45, 2.75) is 43.7 Å². The van der Waals surface area contributed by atoms with E-state index in [1.54, 1.807) is 4.90 Å². The molecule has 0 unspecified atom stereocenters. The molecule has 0 aromatic heterocycles. The number of non-ortho nitro benzene ring substituents is 1. The van der Waals surface area contributed by atoms with Gasteiger partial charge in [-0.2, -0.15) is 0 Å². The van der Waals surface area contributed by atoms with Crippen molar-refractivity contribution < 1.29 is 24.0 Å². The van der Waals surface area contributed by atoms with Gasteiger partial charge in [0.15, 0.2) is 6.10 Å². The van der Waals surface area contributed by atoms with Crippen LogP contribution in [0.25, 0.3) is 0 Å². The SMILES string of the molecule is C[C@H](OC(=O)[C@@H]1CS[C@@]2(C)CCC(=O)N12)C(=O)Nc1cccc([N+](=O)[O-])c1. The highest BCUT2D eigenvalue weighted by Gasteiger charge is 2.53. The van der Waals surface area contributed by atoms with Gasteiger partial charge < -0.3 is 15.0 Å². The highest BCUT2D eigenvalue weighted by molar-refractivity contribution is 8.01. The van der Waals surface area contributed by atoms with E-state index in [1.807, 2.05) is 6.92 Å². The second kappa shape index (κ2) is 7.18. The van der Waals surface area contributed by atoms with Crippen LogP contribution in [0.3, 0.4) is 0 Å². The second-order valence-electron chi connectivity index (χ2n) is 6.64. The van der Waals surface area contributed by atoms with Crippen LogP contribution in [-0.2, 0) is 19.1 Å². The van der Waals surface area contributed by atoms with Gasteiger partial charge in [0.1, 0.15) is 6.04 Å². The minimum absolute atomic E-state index is 0.0850. The maximum atomic E-state index is 12.5. The lowest BCUT2D eigenvalue weighted by atomic mass is 10.2. The number of rotatable bonds is 5. The Labute approximate surface area is 159 Å². The summed E-state index contributed by atoms with van der Waals surface area (Å²) >= 11 is 1.54. The van der Waals surface area contributed by atoms with Crippen LogP contribution in [-0.4, -0.2) is 50.4 Å². The smallest absolute Gasteiger partial charge is 0.330 e. The van der Waals surface area contributed by atoms with Crippen LogP contribution in [0, 0.1) is 10.1 Å². The number of thioether (sulfide) groups is 1. The summed E-state index contributed by atoms with van der Waals surface area (Å²) < 4.78 is 5.26. The van der Waals surface area contributed by atoms with Gasteiger partial charge in [-0.15, -0.1) is 11.8 Å². The molecule has 2 fully saturated rings. The summed E-state index contributed by atoms with van der Waals surface area (Å²) in [5.74, 6) is -0.883. The monoisotopic (exact) mass is 393 g/mol. The largest absolute Gasteiger partial charge is 0.451 e. The molecule has 0 saturated carbocycles. The number of hydrogen-bond donors (Lipinski definition) is 1. The van der Waals surface area contributed by atoms with Crippen molar-refractivity contribution in [2.24, 2.45) is 0 Å². The van der Waals surface area contributed by atoms with E-state index in [9.17, 15) is 24.5 Å². The Hall–Kier alpha value is -2.62. The second-order valence-corrected chi connectivity index (χ2v) is 8.14. The molecule has 1 aromatic rings. The number of fused-ring (bicyclic) bond motifs is 1. The van der Waals surface area contributed by atoms with Gasteiger partial charge in [0.2, 0.25) is 5.91 Å². The molecule has 1 N–H and O–H groups in total. The summed E-state index contributed by atoms with van der Waals surface area (Å²) in [6, 6.07) is 4.76. The van der Waals surface area contributed by atoms with E-state index in [0.29, 0.717) is 18.6 Å². The lowest BCUT2D eigenvalue weighted by Crippen LogP contribution is -2.48. The maximum absolute atomic E-state index is 12.5. The number of ether oxygens (including phenoxy) is 1. The lowest BCUT2D eigenvalue weighted by Gasteiger charge is -2.29. The van der Waals surface area contributed by atoms with Crippen LogP contribution in [0.1, 0.15) is 26.7 Å². The number of anilines is 1. The van der Waals surface area contributed by atoms with Gasteiger partial charge in [-0.3, -0.25) is 19.7 Å². The first-order valence-corrected chi connectivity index (χ1v) is 9.42. The van der Waals surface area contributed by atoms with Crippen LogP contribution >= 0.6 is 11.8 Å². The molecule has 3 atom stereocenters. The average Bonchev–Trinajstić information content (AvgIpc) is 3.11. The number of carbonyl (C=O) groups is 3. The Balaban J connectivity index is 1.61. The standard InChI is InChI=1S/C17H19N3O6S/c1-10(15(22)18-11-4-3-5-12(8-11)20(24)25)26-16(23)13-9-27-17(2)7-6-14(21)19(13)17/h3-5,8,10,13H,6-7,9H2,1-2H3,(H,18,22)/t10-,13-,17-/m0/s1. The third-order valence-corrected chi connectivity index (χ3v) is 6.21. The lowest BCUT2D eigenvalue weighted by molar-refractivity contribution is -0.384. The van der Waals surface area contributed by atoms with E-state index in [1.165, 1.54) is 43.0 Å². The molecule has 10 heteroatoms. The third-order valence-electron chi connectivity index (χ3n) is 4.70. The summed E-state index contributed by atoms with van der Waals surface area (Å²) in [4.78, 5) is 48.2. The predicted molar refractivity (Wildman–Crippen MR) is 98.0 cm³/mol. The Bertz CT molecular complexity index is 816. The molecule has 2 aliphatic rings. The Morgan fingerprint density at radius 3 is 2.93 bits per heavy atom. The van der Waals surface area contributed by atoms with E-state index in [2.05, 4.69) is 5.32 Å². The number of amides is 2. The molecule has 2 amide bonds. The van der Waals surface area contributed by atoms with Gasteiger partial charge in [0.25, 0.3) is 11.6 Å². The number of nitrogens with one attached hydrogen (secondary N) is 1. The fourth-order valence-corrected chi connectivity index (χ4v) is 4.66. The van der Waals surface area contributed by atoms with E-state index >= 15 is 0 Å². The number of esters is 1. The van der Waals surface area contributed by atoms with Crippen molar-refractivity contribution >= 4 is 40.9 Å². The number of nitrogens with zero attached hydrogens (tertiary/aromatic N) is 2. The normalized spacial score (nSPS) is 25.0. The summed E-state index contributed by atoms with van der Waals surface area (Å²) in [5, 5.41) is 13.3. The van der Waals surface area contributed by atoms with Crippen LogP contribution < -0.4 is 5.32 Å². The Kier molecular flexibility index (Phi) is 5.09. The molecule has 9 nitrogen and oxygen atoms in total. The number of nitro benzene ring substituents is 1. The fraction of sp³-hybridized carbons (Fsp3) is 0.471. The van der Waals surface area contributed by atoms with Crippen molar-refractivity contribution in [2.75, 3.05) is 11.1 Å². The van der Waals surface area contributed by atoms with Crippen molar-refractivity contribution in [3.8, 4) is 0 Å². The average molecular weight is 393 g/mol. The van der Waals surface area contributed by atoms with Crippen molar-refractivity contribution in [3.05, 3.63) is 34.4 Å². The molecule has 2 saturated heterocycles. The first-order valence-electron chi connectivity index (χ1n) is 8.43. The highest BCUT2D eigenvalue weighted by Crippen LogP contribution is 2.47. The summed E-state index contributed by atoms with van der Waals surface area (Å²) in [7, 11) is 0. The predicted octanol–water partition coefficient (Wildman–Crippen LogP) is 1.92. The van der Waals surface area contributed by atoms with Crippen molar-refractivity contribution in [1.82, 2.24) is 4.90 Å². The van der Waals surface area contributed by atoms with Gasteiger partial charge in [-0.1, -0.05) is 6.07 Å². The highest BCUT2D eigenvalue weighted by atomic mass is 32.2. The fourth-order valence-electron chi connectivity index (χ4n) is 3.24. The zero-order valence-corrected chi connectivity index (χ0v) is 15.7. The molecule has 27 heavy (non-hydrogen) atoms. The molecule has 0 bridgehead atoms. The third kappa shape index (κ3) is 3.75. The molecule has 0 aliphatic carbocycles. The number of carbonyl (C=O) groups excluding carboxylic acids is 3. The minimum atomic E-state index is -1.11. The quantitative estimate of drug-likeness (QED) is 0.461. The van der Waals surface area contributed by atoms with E-state index in [4.69, 9.17) is 4.74 Å². The zero-order chi connectivity index (χ0) is 19.8. The molecular weight excluding hydrogens is 374 g/mol. The number of benzene rings is 1.